The van der Waals surface area contributed by atoms with Crippen LogP contribution in [0.3, 0.4) is 0 Å². The first-order chi connectivity index (χ1) is 14.7. The van der Waals surface area contributed by atoms with Crippen molar-refractivity contribution in [1.82, 2.24) is 10.3 Å². The van der Waals surface area contributed by atoms with Gasteiger partial charge in [-0.05, 0) is 70.1 Å². The molecule has 5 nitrogen and oxygen atoms in total. The molecule has 1 aromatic heterocycles. The third kappa shape index (κ3) is 4.18. The molecule has 0 atom stereocenters. The molecule has 164 valence electrons. The first-order valence-electron chi connectivity index (χ1n) is 10.7. The first-order valence-corrected chi connectivity index (χ1v) is 11.5. The molecule has 1 aliphatic carbocycles. The van der Waals surface area contributed by atoms with Crippen LogP contribution in [0.15, 0.2) is 30.5 Å². The highest BCUT2D eigenvalue weighted by molar-refractivity contribution is 6.35. The maximum absolute atomic E-state index is 13.1. The number of para-hydroxylation sites is 1. The van der Waals surface area contributed by atoms with Gasteiger partial charge >= 0.3 is 0 Å². The van der Waals surface area contributed by atoms with Crippen molar-refractivity contribution in [3.63, 3.8) is 0 Å². The average Bonchev–Trinajstić information content (AvgIpc) is 2.93. The Balaban J connectivity index is 1.39. The van der Waals surface area contributed by atoms with Gasteiger partial charge in [0, 0.05) is 18.8 Å². The highest BCUT2D eigenvalue weighted by Crippen LogP contribution is 2.46. The van der Waals surface area contributed by atoms with Crippen LogP contribution in [0.5, 0.6) is 0 Å². The molecule has 1 N–H and O–H groups in total. The molecule has 1 fully saturated rings. The van der Waals surface area contributed by atoms with Gasteiger partial charge in [-0.25, -0.2) is 0 Å². The fraction of sp³-hybridized carbons (Fsp3) is 0.458. The van der Waals surface area contributed by atoms with Crippen LogP contribution in [0.4, 0.5) is 5.69 Å². The molecule has 0 spiro atoms. The number of nitrogens with one attached hydrogen (secondary N) is 1. The Bertz CT molecular complexity index is 1030. The summed E-state index contributed by atoms with van der Waals surface area (Å²) in [5.41, 5.74) is 2.48. The number of nitrogens with zero attached hydrogens (tertiary/aromatic N) is 2. The summed E-state index contributed by atoms with van der Waals surface area (Å²) in [6.45, 7) is 6.39. The second-order valence-electron chi connectivity index (χ2n) is 9.15. The number of rotatable bonds is 4. The number of benzene rings is 1. The van der Waals surface area contributed by atoms with Crippen LogP contribution >= 0.6 is 23.2 Å². The van der Waals surface area contributed by atoms with Crippen molar-refractivity contribution in [2.75, 3.05) is 11.4 Å². The predicted molar refractivity (Wildman–Crippen MR) is 124 cm³/mol. The molecule has 0 bridgehead atoms. The van der Waals surface area contributed by atoms with E-state index in [1.165, 1.54) is 0 Å². The maximum Gasteiger partial charge on any atom is 0.253 e. The summed E-state index contributed by atoms with van der Waals surface area (Å²) in [7, 11) is 0. The van der Waals surface area contributed by atoms with Gasteiger partial charge in [-0.3, -0.25) is 14.6 Å². The van der Waals surface area contributed by atoms with E-state index in [-0.39, 0.29) is 17.9 Å². The van der Waals surface area contributed by atoms with Crippen molar-refractivity contribution in [2.45, 2.75) is 57.9 Å². The SMILES string of the molecule is Cc1ncc(Cl)cc1C(=O)NC1CCC(CN2C(=O)C(C)(C)c3cccc(Cl)c32)CC1. The van der Waals surface area contributed by atoms with Gasteiger partial charge < -0.3 is 10.2 Å². The van der Waals surface area contributed by atoms with Crippen molar-refractivity contribution in [1.29, 1.82) is 0 Å². The number of aromatic nitrogens is 1. The summed E-state index contributed by atoms with van der Waals surface area (Å²) in [5, 5.41) is 4.21. The number of pyridine rings is 1. The molecule has 7 heteroatoms. The van der Waals surface area contributed by atoms with E-state index in [1.54, 1.807) is 19.2 Å². The van der Waals surface area contributed by atoms with Crippen LogP contribution < -0.4 is 10.2 Å². The smallest absolute Gasteiger partial charge is 0.253 e. The summed E-state index contributed by atoms with van der Waals surface area (Å²) in [6.07, 6.45) is 5.20. The molecule has 0 saturated heterocycles. The minimum atomic E-state index is -0.561. The quantitative estimate of drug-likeness (QED) is 0.673. The largest absolute Gasteiger partial charge is 0.349 e. The van der Waals surface area contributed by atoms with Gasteiger partial charge in [-0.15, -0.1) is 0 Å². The first kappa shape index (κ1) is 22.1. The number of carbonyl (C=O) groups is 2. The van der Waals surface area contributed by atoms with Crippen molar-refractivity contribution in [2.24, 2.45) is 5.92 Å². The standard InChI is InChI=1S/C24H27Cl2N3O2/c1-14-18(11-16(25)12-27-14)22(30)28-17-9-7-15(8-10-17)13-29-21-19(5-4-6-20(21)26)24(2,3)23(29)31/h4-6,11-12,15,17H,7-10,13H2,1-3H3,(H,28,30). The molecule has 2 heterocycles. The minimum absolute atomic E-state index is 0.106. The molecule has 4 rings (SSSR count). The highest BCUT2D eigenvalue weighted by atomic mass is 35.5. The summed E-state index contributed by atoms with van der Waals surface area (Å²) in [5.74, 6) is 0.354. The van der Waals surface area contributed by atoms with Crippen molar-refractivity contribution in [3.8, 4) is 0 Å². The molecule has 2 aromatic rings. The molecular formula is C24H27Cl2N3O2. The number of aryl methyl sites for hydroxylation is 1. The molecule has 1 aromatic carbocycles. The van der Waals surface area contributed by atoms with Crippen LogP contribution in [0.2, 0.25) is 10.0 Å². The van der Waals surface area contributed by atoms with E-state index in [2.05, 4.69) is 10.3 Å². The summed E-state index contributed by atoms with van der Waals surface area (Å²) < 4.78 is 0. The van der Waals surface area contributed by atoms with Crippen molar-refractivity contribution in [3.05, 3.63) is 57.3 Å². The number of halogens is 2. The number of amides is 2. The number of hydrogen-bond donors (Lipinski definition) is 1. The average molecular weight is 460 g/mol. The molecule has 1 aliphatic heterocycles. The van der Waals surface area contributed by atoms with Crippen LogP contribution in [-0.4, -0.2) is 29.4 Å². The van der Waals surface area contributed by atoms with Gasteiger partial charge in [-0.1, -0.05) is 35.3 Å². The van der Waals surface area contributed by atoms with E-state index >= 15 is 0 Å². The molecule has 31 heavy (non-hydrogen) atoms. The van der Waals surface area contributed by atoms with Gasteiger partial charge in [0.2, 0.25) is 5.91 Å². The van der Waals surface area contributed by atoms with Gasteiger partial charge in [0.25, 0.3) is 5.91 Å². The van der Waals surface area contributed by atoms with Crippen LogP contribution in [0.25, 0.3) is 0 Å². The fourth-order valence-corrected chi connectivity index (χ4v) is 5.20. The van der Waals surface area contributed by atoms with E-state index in [0.717, 1.165) is 36.9 Å². The lowest BCUT2D eigenvalue weighted by Crippen LogP contribution is -2.42. The number of fused-ring (bicyclic) bond motifs is 1. The summed E-state index contributed by atoms with van der Waals surface area (Å²) in [6, 6.07) is 7.53. The Morgan fingerprint density at radius 3 is 2.65 bits per heavy atom. The third-order valence-corrected chi connectivity index (χ3v) is 7.14. The molecular weight excluding hydrogens is 433 g/mol. The normalized spacial score (nSPS) is 22.4. The lowest BCUT2D eigenvalue weighted by Gasteiger charge is -2.32. The Labute approximate surface area is 193 Å². The molecule has 0 radical (unpaired) electrons. The molecule has 0 unspecified atom stereocenters. The van der Waals surface area contributed by atoms with Crippen molar-refractivity contribution >= 4 is 40.7 Å². The second-order valence-corrected chi connectivity index (χ2v) is 10.00. The molecule has 2 amide bonds. The van der Waals surface area contributed by atoms with Gasteiger partial charge in [0.15, 0.2) is 0 Å². The zero-order valence-corrected chi connectivity index (χ0v) is 19.6. The van der Waals surface area contributed by atoms with Crippen LogP contribution in [-0.2, 0) is 10.2 Å². The zero-order valence-electron chi connectivity index (χ0n) is 18.0. The third-order valence-electron chi connectivity index (χ3n) is 6.63. The van der Waals surface area contributed by atoms with Crippen LogP contribution in [0.1, 0.15) is 61.1 Å². The Morgan fingerprint density at radius 1 is 1.23 bits per heavy atom. The topological polar surface area (TPSA) is 62.3 Å². The Kier molecular flexibility index (Phi) is 6.01. The zero-order chi connectivity index (χ0) is 22.3. The summed E-state index contributed by atoms with van der Waals surface area (Å²) in [4.78, 5) is 31.8. The lowest BCUT2D eigenvalue weighted by molar-refractivity contribution is -0.122. The fourth-order valence-electron chi connectivity index (χ4n) is 4.77. The number of carbonyl (C=O) groups excluding carboxylic acids is 2. The highest BCUT2D eigenvalue weighted by Gasteiger charge is 2.45. The Morgan fingerprint density at radius 2 is 1.94 bits per heavy atom. The minimum Gasteiger partial charge on any atom is -0.349 e. The number of hydrogen-bond acceptors (Lipinski definition) is 3. The Hall–Kier alpha value is -2.11. The van der Waals surface area contributed by atoms with E-state index < -0.39 is 5.41 Å². The van der Waals surface area contributed by atoms with Crippen molar-refractivity contribution < 1.29 is 9.59 Å². The van der Waals surface area contributed by atoms with Crippen LogP contribution in [0, 0.1) is 12.8 Å². The molecule has 1 saturated carbocycles. The predicted octanol–water partition coefficient (Wildman–Crippen LogP) is 5.31. The van der Waals surface area contributed by atoms with Gasteiger partial charge in [0.05, 0.1) is 32.4 Å². The second kappa shape index (κ2) is 8.44. The monoisotopic (exact) mass is 459 g/mol. The summed E-state index contributed by atoms with van der Waals surface area (Å²) >= 11 is 12.5. The van der Waals surface area contributed by atoms with E-state index in [1.807, 2.05) is 36.9 Å². The van der Waals surface area contributed by atoms with Gasteiger partial charge in [0.1, 0.15) is 0 Å². The molecule has 2 aliphatic rings. The number of anilines is 1. The van der Waals surface area contributed by atoms with E-state index in [4.69, 9.17) is 23.2 Å². The van der Waals surface area contributed by atoms with E-state index in [0.29, 0.717) is 33.8 Å². The lowest BCUT2D eigenvalue weighted by atomic mass is 9.85. The van der Waals surface area contributed by atoms with Gasteiger partial charge in [-0.2, -0.15) is 0 Å². The van der Waals surface area contributed by atoms with E-state index in [9.17, 15) is 9.59 Å². The maximum atomic E-state index is 13.1.